The maximum absolute atomic E-state index is 12.7. The standard InChI is InChI=1S/C23H24N2O5/c1-15(17-12-20(27-2)22(29-4)21(13-17)28-3)25-23(26)16-7-9-18(10-8-16)30-19-6-5-11-24-14-19/h5-15H,1-4H3,(H,25,26). The number of methoxy groups -OCH3 is 3. The number of pyridine rings is 1. The highest BCUT2D eigenvalue weighted by Gasteiger charge is 2.18. The largest absolute Gasteiger partial charge is 0.493 e. The molecular weight excluding hydrogens is 384 g/mol. The Balaban J connectivity index is 1.71. The molecule has 30 heavy (non-hydrogen) atoms. The van der Waals surface area contributed by atoms with E-state index in [1.165, 1.54) is 0 Å². The molecule has 3 aromatic rings. The summed E-state index contributed by atoms with van der Waals surface area (Å²) in [5.41, 5.74) is 1.35. The Labute approximate surface area is 175 Å². The van der Waals surface area contributed by atoms with Gasteiger partial charge in [0.15, 0.2) is 11.5 Å². The lowest BCUT2D eigenvalue weighted by molar-refractivity contribution is 0.0939. The van der Waals surface area contributed by atoms with Crippen molar-refractivity contribution in [3.63, 3.8) is 0 Å². The van der Waals surface area contributed by atoms with Crippen LogP contribution in [0.15, 0.2) is 60.9 Å². The first kappa shape index (κ1) is 21.0. The third kappa shape index (κ3) is 4.81. The van der Waals surface area contributed by atoms with E-state index in [-0.39, 0.29) is 11.9 Å². The molecule has 2 aromatic carbocycles. The van der Waals surface area contributed by atoms with Crippen LogP contribution in [-0.2, 0) is 0 Å². The van der Waals surface area contributed by atoms with E-state index < -0.39 is 0 Å². The first-order valence-corrected chi connectivity index (χ1v) is 9.34. The van der Waals surface area contributed by atoms with E-state index in [0.717, 1.165) is 5.56 Å². The van der Waals surface area contributed by atoms with Crippen LogP contribution in [-0.4, -0.2) is 32.2 Å². The highest BCUT2D eigenvalue weighted by molar-refractivity contribution is 5.94. The van der Waals surface area contributed by atoms with Gasteiger partial charge in [0, 0.05) is 11.8 Å². The number of hydrogen-bond acceptors (Lipinski definition) is 6. The Morgan fingerprint density at radius 3 is 2.13 bits per heavy atom. The molecule has 0 aliphatic heterocycles. The molecule has 0 aliphatic rings. The van der Waals surface area contributed by atoms with Crippen molar-refractivity contribution in [1.82, 2.24) is 10.3 Å². The summed E-state index contributed by atoms with van der Waals surface area (Å²) in [6.45, 7) is 1.89. The lowest BCUT2D eigenvalue weighted by atomic mass is 10.1. The van der Waals surface area contributed by atoms with Crippen LogP contribution in [0.3, 0.4) is 0 Å². The molecule has 0 fully saturated rings. The van der Waals surface area contributed by atoms with Crippen molar-refractivity contribution in [1.29, 1.82) is 0 Å². The number of nitrogens with one attached hydrogen (secondary N) is 1. The van der Waals surface area contributed by atoms with Crippen LogP contribution in [0.2, 0.25) is 0 Å². The van der Waals surface area contributed by atoms with Crippen molar-refractivity contribution in [3.05, 3.63) is 72.1 Å². The predicted octanol–water partition coefficient (Wildman–Crippen LogP) is 4.39. The molecule has 7 nitrogen and oxygen atoms in total. The van der Waals surface area contributed by atoms with E-state index in [1.54, 1.807) is 64.1 Å². The lowest BCUT2D eigenvalue weighted by Crippen LogP contribution is -2.26. The number of nitrogens with zero attached hydrogens (tertiary/aromatic N) is 1. The minimum absolute atomic E-state index is 0.204. The lowest BCUT2D eigenvalue weighted by Gasteiger charge is -2.19. The van der Waals surface area contributed by atoms with E-state index in [2.05, 4.69) is 10.3 Å². The first-order chi connectivity index (χ1) is 14.5. The van der Waals surface area contributed by atoms with Gasteiger partial charge in [-0.25, -0.2) is 0 Å². The van der Waals surface area contributed by atoms with E-state index in [4.69, 9.17) is 18.9 Å². The SMILES string of the molecule is COc1cc(C(C)NC(=O)c2ccc(Oc3cccnc3)cc2)cc(OC)c1OC. The van der Waals surface area contributed by atoms with E-state index in [0.29, 0.717) is 34.3 Å². The van der Waals surface area contributed by atoms with Gasteiger partial charge in [-0.2, -0.15) is 0 Å². The van der Waals surface area contributed by atoms with Crippen molar-refractivity contribution >= 4 is 5.91 Å². The number of aromatic nitrogens is 1. The fourth-order valence-electron chi connectivity index (χ4n) is 2.93. The molecule has 7 heteroatoms. The minimum Gasteiger partial charge on any atom is -0.493 e. The van der Waals surface area contributed by atoms with Crippen LogP contribution < -0.4 is 24.3 Å². The quantitative estimate of drug-likeness (QED) is 0.596. The van der Waals surface area contributed by atoms with Crippen LogP contribution in [0.1, 0.15) is 28.9 Å². The van der Waals surface area contributed by atoms with Gasteiger partial charge in [-0.3, -0.25) is 9.78 Å². The summed E-state index contributed by atoms with van der Waals surface area (Å²) in [6, 6.07) is 13.9. The Hall–Kier alpha value is -3.74. The molecule has 1 heterocycles. The molecule has 0 spiro atoms. The summed E-state index contributed by atoms with van der Waals surface area (Å²) in [5.74, 6) is 2.62. The van der Waals surface area contributed by atoms with Gasteiger partial charge < -0.3 is 24.3 Å². The number of carbonyl (C=O) groups is 1. The highest BCUT2D eigenvalue weighted by atomic mass is 16.5. The number of amides is 1. The number of hydrogen-bond donors (Lipinski definition) is 1. The number of benzene rings is 2. The molecular formula is C23H24N2O5. The first-order valence-electron chi connectivity index (χ1n) is 9.34. The summed E-state index contributed by atoms with van der Waals surface area (Å²) in [7, 11) is 4.66. The third-order valence-corrected chi connectivity index (χ3v) is 4.52. The summed E-state index contributed by atoms with van der Waals surface area (Å²) >= 11 is 0. The van der Waals surface area contributed by atoms with Crippen LogP contribution in [0.25, 0.3) is 0 Å². The third-order valence-electron chi connectivity index (χ3n) is 4.52. The second kappa shape index (κ2) is 9.65. The topological polar surface area (TPSA) is 78.9 Å². The van der Waals surface area contributed by atoms with Gasteiger partial charge in [0.2, 0.25) is 5.75 Å². The van der Waals surface area contributed by atoms with E-state index in [9.17, 15) is 4.79 Å². The predicted molar refractivity (Wildman–Crippen MR) is 113 cm³/mol. The van der Waals surface area contributed by atoms with Crippen molar-refractivity contribution in [2.45, 2.75) is 13.0 Å². The van der Waals surface area contributed by atoms with Crippen LogP contribution >= 0.6 is 0 Å². The number of carbonyl (C=O) groups excluding carboxylic acids is 1. The maximum Gasteiger partial charge on any atom is 0.251 e. The van der Waals surface area contributed by atoms with Gasteiger partial charge in [-0.15, -0.1) is 0 Å². The zero-order valence-corrected chi connectivity index (χ0v) is 17.3. The Morgan fingerprint density at radius 2 is 1.60 bits per heavy atom. The van der Waals surface area contributed by atoms with Gasteiger partial charge in [0.25, 0.3) is 5.91 Å². The Kier molecular flexibility index (Phi) is 6.75. The van der Waals surface area contributed by atoms with Crippen LogP contribution in [0, 0.1) is 0 Å². The normalized spacial score (nSPS) is 11.3. The molecule has 0 aliphatic carbocycles. The van der Waals surface area contributed by atoms with Gasteiger partial charge in [-0.1, -0.05) is 0 Å². The number of ether oxygens (including phenoxy) is 4. The minimum atomic E-state index is -0.280. The smallest absolute Gasteiger partial charge is 0.251 e. The van der Waals surface area contributed by atoms with Crippen molar-refractivity contribution in [2.75, 3.05) is 21.3 Å². The second-order valence-corrected chi connectivity index (χ2v) is 6.47. The van der Waals surface area contributed by atoms with Crippen LogP contribution in [0.4, 0.5) is 0 Å². The molecule has 1 unspecified atom stereocenters. The fourth-order valence-corrected chi connectivity index (χ4v) is 2.93. The monoisotopic (exact) mass is 408 g/mol. The Morgan fingerprint density at radius 1 is 0.933 bits per heavy atom. The molecule has 1 aromatic heterocycles. The van der Waals surface area contributed by atoms with E-state index >= 15 is 0 Å². The molecule has 0 saturated heterocycles. The highest BCUT2D eigenvalue weighted by Crippen LogP contribution is 2.39. The van der Waals surface area contributed by atoms with Gasteiger partial charge in [-0.05, 0) is 61.0 Å². The molecule has 1 N–H and O–H groups in total. The fraction of sp³-hybridized carbons (Fsp3) is 0.217. The van der Waals surface area contributed by atoms with Gasteiger partial charge in [0.05, 0.1) is 33.6 Å². The average molecular weight is 408 g/mol. The second-order valence-electron chi connectivity index (χ2n) is 6.47. The van der Waals surface area contributed by atoms with Crippen molar-refractivity contribution < 1.29 is 23.7 Å². The summed E-state index contributed by atoms with van der Waals surface area (Å²) in [4.78, 5) is 16.7. The molecule has 1 atom stereocenters. The average Bonchev–Trinajstić information content (AvgIpc) is 2.79. The summed E-state index contributed by atoms with van der Waals surface area (Å²) in [5, 5.41) is 2.98. The van der Waals surface area contributed by atoms with Crippen molar-refractivity contribution in [3.8, 4) is 28.7 Å². The zero-order valence-electron chi connectivity index (χ0n) is 17.3. The summed E-state index contributed by atoms with van der Waals surface area (Å²) < 4.78 is 21.8. The Bertz CT molecular complexity index is 965. The molecule has 0 radical (unpaired) electrons. The molecule has 1 amide bonds. The maximum atomic E-state index is 12.7. The molecule has 3 rings (SSSR count). The van der Waals surface area contributed by atoms with Crippen LogP contribution in [0.5, 0.6) is 28.7 Å². The van der Waals surface area contributed by atoms with Gasteiger partial charge in [0.1, 0.15) is 11.5 Å². The zero-order chi connectivity index (χ0) is 21.5. The van der Waals surface area contributed by atoms with Gasteiger partial charge >= 0.3 is 0 Å². The molecule has 0 saturated carbocycles. The molecule has 0 bridgehead atoms. The number of rotatable bonds is 8. The molecule has 156 valence electrons. The summed E-state index contributed by atoms with van der Waals surface area (Å²) in [6.07, 6.45) is 3.30. The van der Waals surface area contributed by atoms with E-state index in [1.807, 2.05) is 25.1 Å². The van der Waals surface area contributed by atoms with Crippen molar-refractivity contribution in [2.24, 2.45) is 0 Å².